The summed E-state index contributed by atoms with van der Waals surface area (Å²) in [4.78, 5) is 22.2. The molecular formula is C18H20FN3O3. The zero-order valence-electron chi connectivity index (χ0n) is 14.0. The van der Waals surface area contributed by atoms with E-state index in [0.717, 1.165) is 0 Å². The standard InChI is InChI=1S/C18H20FN3O3/c1-13-20-9-6-17(21-13)25-14-7-10-22(11-8-14)18(23)12-24-16-5-3-2-4-15(16)19/h2-6,9,14H,7-8,10-12H2,1H3. The number of aryl methyl sites for hydroxylation is 1. The molecule has 0 unspecified atom stereocenters. The molecule has 1 aromatic carbocycles. The number of carbonyl (C=O) groups excluding carboxylic acids is 1. The summed E-state index contributed by atoms with van der Waals surface area (Å²) in [6.07, 6.45) is 3.12. The van der Waals surface area contributed by atoms with Gasteiger partial charge in [-0.2, -0.15) is 4.98 Å². The molecule has 1 aliphatic heterocycles. The summed E-state index contributed by atoms with van der Waals surface area (Å²) in [7, 11) is 0. The van der Waals surface area contributed by atoms with Crippen molar-refractivity contribution in [2.75, 3.05) is 19.7 Å². The maximum absolute atomic E-state index is 13.5. The van der Waals surface area contributed by atoms with Crippen molar-refractivity contribution in [2.45, 2.75) is 25.9 Å². The lowest BCUT2D eigenvalue weighted by Crippen LogP contribution is -2.43. The molecule has 3 rings (SSSR count). The van der Waals surface area contributed by atoms with Gasteiger partial charge in [-0.05, 0) is 19.1 Å². The van der Waals surface area contributed by atoms with E-state index >= 15 is 0 Å². The maximum atomic E-state index is 13.5. The lowest BCUT2D eigenvalue weighted by atomic mass is 10.1. The van der Waals surface area contributed by atoms with Gasteiger partial charge < -0.3 is 14.4 Å². The van der Waals surface area contributed by atoms with Crippen molar-refractivity contribution in [1.29, 1.82) is 0 Å². The van der Waals surface area contributed by atoms with Gasteiger partial charge in [-0.3, -0.25) is 4.79 Å². The van der Waals surface area contributed by atoms with Gasteiger partial charge in [0.05, 0.1) is 0 Å². The van der Waals surface area contributed by atoms with Crippen LogP contribution >= 0.6 is 0 Å². The predicted octanol–water partition coefficient (Wildman–Crippen LogP) is 2.37. The number of likely N-dealkylation sites (tertiary alicyclic amines) is 1. The molecule has 1 aliphatic rings. The molecule has 1 amide bonds. The van der Waals surface area contributed by atoms with Crippen LogP contribution in [0.4, 0.5) is 4.39 Å². The van der Waals surface area contributed by atoms with Crippen LogP contribution in [0.3, 0.4) is 0 Å². The van der Waals surface area contributed by atoms with Crippen molar-refractivity contribution in [3.63, 3.8) is 0 Å². The van der Waals surface area contributed by atoms with E-state index in [1.807, 2.05) is 6.92 Å². The van der Waals surface area contributed by atoms with Gasteiger partial charge in [0.25, 0.3) is 5.91 Å². The molecule has 2 aromatic rings. The van der Waals surface area contributed by atoms with Gasteiger partial charge in [0.15, 0.2) is 18.2 Å². The number of hydrogen-bond donors (Lipinski definition) is 0. The van der Waals surface area contributed by atoms with Gasteiger partial charge in [0.2, 0.25) is 5.88 Å². The Hall–Kier alpha value is -2.70. The van der Waals surface area contributed by atoms with Crippen molar-refractivity contribution >= 4 is 5.91 Å². The van der Waals surface area contributed by atoms with E-state index in [1.165, 1.54) is 12.1 Å². The summed E-state index contributed by atoms with van der Waals surface area (Å²) >= 11 is 0. The Bertz CT molecular complexity index is 733. The molecule has 1 aromatic heterocycles. The third kappa shape index (κ3) is 4.65. The summed E-state index contributed by atoms with van der Waals surface area (Å²) in [5.41, 5.74) is 0. The summed E-state index contributed by atoms with van der Waals surface area (Å²) in [5, 5.41) is 0. The third-order valence-electron chi connectivity index (χ3n) is 4.02. The number of piperidine rings is 1. The molecule has 0 bridgehead atoms. The molecule has 1 fully saturated rings. The highest BCUT2D eigenvalue weighted by atomic mass is 19.1. The molecule has 2 heterocycles. The van der Waals surface area contributed by atoms with E-state index in [-0.39, 0.29) is 24.4 Å². The highest BCUT2D eigenvalue weighted by Gasteiger charge is 2.24. The fourth-order valence-electron chi connectivity index (χ4n) is 2.69. The smallest absolute Gasteiger partial charge is 0.260 e. The summed E-state index contributed by atoms with van der Waals surface area (Å²) in [6.45, 7) is 2.80. The Labute approximate surface area is 145 Å². The Balaban J connectivity index is 1.45. The first-order valence-corrected chi connectivity index (χ1v) is 8.23. The minimum atomic E-state index is -0.470. The van der Waals surface area contributed by atoms with E-state index < -0.39 is 5.82 Å². The van der Waals surface area contributed by atoms with Crippen LogP contribution in [0.15, 0.2) is 36.5 Å². The van der Waals surface area contributed by atoms with Crippen LogP contribution in [-0.4, -0.2) is 46.6 Å². The molecule has 25 heavy (non-hydrogen) atoms. The normalized spacial score (nSPS) is 15.0. The monoisotopic (exact) mass is 345 g/mol. The van der Waals surface area contributed by atoms with Crippen LogP contribution in [0, 0.1) is 12.7 Å². The quantitative estimate of drug-likeness (QED) is 0.832. The number of amides is 1. The van der Waals surface area contributed by atoms with Crippen molar-refractivity contribution in [1.82, 2.24) is 14.9 Å². The number of para-hydroxylation sites is 1. The number of rotatable bonds is 5. The van der Waals surface area contributed by atoms with Gasteiger partial charge >= 0.3 is 0 Å². The zero-order chi connectivity index (χ0) is 17.6. The lowest BCUT2D eigenvalue weighted by Gasteiger charge is -2.31. The number of benzene rings is 1. The van der Waals surface area contributed by atoms with Crippen LogP contribution in [0.5, 0.6) is 11.6 Å². The van der Waals surface area contributed by atoms with Gasteiger partial charge in [-0.1, -0.05) is 12.1 Å². The van der Waals surface area contributed by atoms with Crippen LogP contribution in [-0.2, 0) is 4.79 Å². The van der Waals surface area contributed by atoms with E-state index in [1.54, 1.807) is 29.3 Å². The molecule has 0 saturated carbocycles. The van der Waals surface area contributed by atoms with Crippen LogP contribution in [0.1, 0.15) is 18.7 Å². The van der Waals surface area contributed by atoms with E-state index in [0.29, 0.717) is 37.6 Å². The molecular weight excluding hydrogens is 325 g/mol. The Morgan fingerprint density at radius 1 is 1.28 bits per heavy atom. The Morgan fingerprint density at radius 3 is 2.76 bits per heavy atom. The minimum Gasteiger partial charge on any atom is -0.481 e. The maximum Gasteiger partial charge on any atom is 0.260 e. The first-order chi connectivity index (χ1) is 12.1. The summed E-state index contributed by atoms with van der Waals surface area (Å²) in [6, 6.07) is 7.78. The molecule has 0 N–H and O–H groups in total. The highest BCUT2D eigenvalue weighted by Crippen LogP contribution is 2.18. The number of hydrogen-bond acceptors (Lipinski definition) is 5. The van der Waals surface area contributed by atoms with Crippen molar-refractivity contribution in [2.24, 2.45) is 0 Å². The van der Waals surface area contributed by atoms with E-state index in [2.05, 4.69) is 9.97 Å². The first kappa shape index (κ1) is 17.1. The second-order valence-electron chi connectivity index (χ2n) is 5.86. The summed E-state index contributed by atoms with van der Waals surface area (Å²) in [5.74, 6) is 0.686. The first-order valence-electron chi connectivity index (χ1n) is 8.23. The second kappa shape index (κ2) is 7.92. The molecule has 0 radical (unpaired) electrons. The van der Waals surface area contributed by atoms with Crippen molar-refractivity contribution in [3.8, 4) is 11.6 Å². The number of halogens is 1. The van der Waals surface area contributed by atoms with Gasteiger partial charge in [-0.25, -0.2) is 9.37 Å². The molecule has 0 spiro atoms. The molecule has 7 heteroatoms. The second-order valence-corrected chi connectivity index (χ2v) is 5.86. The fourth-order valence-corrected chi connectivity index (χ4v) is 2.69. The topological polar surface area (TPSA) is 64.5 Å². The van der Waals surface area contributed by atoms with Gasteiger partial charge in [-0.15, -0.1) is 0 Å². The van der Waals surface area contributed by atoms with Crippen molar-refractivity contribution in [3.05, 3.63) is 48.2 Å². The minimum absolute atomic E-state index is 0.0193. The van der Waals surface area contributed by atoms with E-state index in [4.69, 9.17) is 9.47 Å². The van der Waals surface area contributed by atoms with Crippen LogP contribution < -0.4 is 9.47 Å². The Morgan fingerprint density at radius 2 is 2.04 bits per heavy atom. The average molecular weight is 345 g/mol. The zero-order valence-corrected chi connectivity index (χ0v) is 14.0. The van der Waals surface area contributed by atoms with Crippen LogP contribution in [0.25, 0.3) is 0 Å². The SMILES string of the molecule is Cc1nccc(OC2CCN(C(=O)COc3ccccc3F)CC2)n1. The third-order valence-corrected chi connectivity index (χ3v) is 4.02. The molecule has 1 saturated heterocycles. The lowest BCUT2D eigenvalue weighted by molar-refractivity contribution is -0.135. The van der Waals surface area contributed by atoms with Crippen molar-refractivity contribution < 1.29 is 18.7 Å². The number of nitrogens with zero attached hydrogens (tertiary/aromatic N) is 3. The molecule has 132 valence electrons. The summed E-state index contributed by atoms with van der Waals surface area (Å²) < 4.78 is 24.6. The molecule has 6 nitrogen and oxygen atoms in total. The molecule has 0 atom stereocenters. The van der Waals surface area contributed by atoms with Crippen LogP contribution in [0.2, 0.25) is 0 Å². The van der Waals surface area contributed by atoms with E-state index in [9.17, 15) is 9.18 Å². The Kier molecular flexibility index (Phi) is 5.42. The average Bonchev–Trinajstić information content (AvgIpc) is 2.61. The number of carbonyl (C=O) groups is 1. The van der Waals surface area contributed by atoms with Gasteiger partial charge in [0.1, 0.15) is 11.9 Å². The number of aromatic nitrogens is 2. The van der Waals surface area contributed by atoms with Gasteiger partial charge in [0, 0.05) is 38.2 Å². The predicted molar refractivity (Wildman–Crippen MR) is 88.9 cm³/mol. The fraction of sp³-hybridized carbons (Fsp3) is 0.389. The largest absolute Gasteiger partial charge is 0.481 e. The molecule has 0 aliphatic carbocycles. The highest BCUT2D eigenvalue weighted by molar-refractivity contribution is 5.77. The number of ether oxygens (including phenoxy) is 2.